The minimum Gasteiger partial charge on any atom is -0.444 e. The van der Waals surface area contributed by atoms with E-state index in [1.165, 1.54) is 32.1 Å². The van der Waals surface area contributed by atoms with Gasteiger partial charge in [-0.3, -0.25) is 4.99 Å². The van der Waals surface area contributed by atoms with Gasteiger partial charge in [-0.15, -0.1) is 0 Å². The van der Waals surface area contributed by atoms with Gasteiger partial charge in [-0.2, -0.15) is 0 Å². The second-order valence-corrected chi connectivity index (χ2v) is 9.18. The smallest absolute Gasteiger partial charge is 0.407 e. The highest BCUT2D eigenvalue weighted by atomic mass is 16.6. The zero-order chi connectivity index (χ0) is 20.6. The van der Waals surface area contributed by atoms with Crippen molar-refractivity contribution in [1.82, 2.24) is 20.4 Å². The van der Waals surface area contributed by atoms with Crippen molar-refractivity contribution in [3.63, 3.8) is 0 Å². The molecular formula is C21H41N5O2. The zero-order valence-corrected chi connectivity index (χ0v) is 18.6. The van der Waals surface area contributed by atoms with Gasteiger partial charge in [0, 0.05) is 32.7 Å². The van der Waals surface area contributed by atoms with Crippen molar-refractivity contribution >= 4 is 12.1 Å². The number of nitrogens with one attached hydrogen (secondary N) is 2. The quantitative estimate of drug-likeness (QED) is 0.411. The first-order valence-corrected chi connectivity index (χ1v) is 10.9. The van der Waals surface area contributed by atoms with Gasteiger partial charge >= 0.3 is 6.09 Å². The van der Waals surface area contributed by atoms with Crippen molar-refractivity contribution in [1.29, 1.82) is 0 Å². The Kier molecular flexibility index (Phi) is 8.86. The third-order valence-corrected chi connectivity index (χ3v) is 5.59. The Bertz CT molecular complexity index is 511. The molecule has 1 amide bonds. The third-order valence-electron chi connectivity index (χ3n) is 5.59. The number of hydrogen-bond donors (Lipinski definition) is 2. The number of amides is 1. The lowest BCUT2D eigenvalue weighted by Gasteiger charge is -2.31. The van der Waals surface area contributed by atoms with E-state index < -0.39 is 5.60 Å². The maximum absolute atomic E-state index is 12.0. The summed E-state index contributed by atoms with van der Waals surface area (Å²) in [7, 11) is 4.09. The molecule has 7 heteroatoms. The fourth-order valence-corrected chi connectivity index (χ4v) is 4.11. The van der Waals surface area contributed by atoms with Gasteiger partial charge in [-0.25, -0.2) is 4.79 Å². The standard InChI is InChI=1S/C21H41N5O2/c1-21(2,3)28-20(27)24-17-12-15-26(16-17)19(22-4)23-13-9-14-25(5)18-10-7-6-8-11-18/h17-18H,6-16H2,1-5H3,(H,22,23)(H,24,27). The van der Waals surface area contributed by atoms with Crippen LogP contribution in [0.15, 0.2) is 4.99 Å². The molecule has 1 heterocycles. The number of nitrogens with zero attached hydrogens (tertiary/aromatic N) is 3. The van der Waals surface area contributed by atoms with Crippen molar-refractivity contribution in [3.05, 3.63) is 0 Å². The highest BCUT2D eigenvalue weighted by Crippen LogP contribution is 2.21. The van der Waals surface area contributed by atoms with E-state index in [1.54, 1.807) is 0 Å². The lowest BCUT2D eigenvalue weighted by Crippen LogP contribution is -2.44. The fraction of sp³-hybridized carbons (Fsp3) is 0.905. The van der Waals surface area contributed by atoms with Gasteiger partial charge in [-0.05, 0) is 60.0 Å². The van der Waals surface area contributed by atoms with E-state index in [0.717, 1.165) is 51.0 Å². The van der Waals surface area contributed by atoms with Crippen molar-refractivity contribution in [3.8, 4) is 0 Å². The molecule has 0 aromatic rings. The van der Waals surface area contributed by atoms with Crippen molar-refractivity contribution in [2.45, 2.75) is 83.4 Å². The summed E-state index contributed by atoms with van der Waals surface area (Å²) in [6.07, 6.45) is 8.55. The van der Waals surface area contributed by atoms with Gasteiger partial charge in [-0.1, -0.05) is 19.3 Å². The van der Waals surface area contributed by atoms with Gasteiger partial charge < -0.3 is 25.2 Å². The topological polar surface area (TPSA) is 69.2 Å². The number of ether oxygens (including phenoxy) is 1. The molecule has 2 fully saturated rings. The highest BCUT2D eigenvalue weighted by Gasteiger charge is 2.27. The Morgan fingerprint density at radius 2 is 1.93 bits per heavy atom. The molecule has 1 unspecified atom stereocenters. The van der Waals surface area contributed by atoms with Crippen LogP contribution in [-0.4, -0.2) is 79.8 Å². The van der Waals surface area contributed by atoms with Crippen LogP contribution in [0.1, 0.15) is 65.7 Å². The summed E-state index contributed by atoms with van der Waals surface area (Å²) in [5.41, 5.74) is -0.468. The van der Waals surface area contributed by atoms with Gasteiger partial charge in [0.1, 0.15) is 5.60 Å². The average Bonchev–Trinajstić information content (AvgIpc) is 3.08. The first-order valence-electron chi connectivity index (χ1n) is 10.9. The molecule has 2 aliphatic rings. The van der Waals surface area contributed by atoms with Crippen LogP contribution in [-0.2, 0) is 4.74 Å². The van der Waals surface area contributed by atoms with Crippen molar-refractivity contribution < 1.29 is 9.53 Å². The van der Waals surface area contributed by atoms with Crippen LogP contribution in [0, 0.1) is 0 Å². The number of carbonyl (C=O) groups excluding carboxylic acids is 1. The minimum absolute atomic E-state index is 0.103. The largest absolute Gasteiger partial charge is 0.444 e. The Balaban J connectivity index is 1.66. The van der Waals surface area contributed by atoms with E-state index in [0.29, 0.717) is 0 Å². The summed E-state index contributed by atoms with van der Waals surface area (Å²) in [5.74, 6) is 0.925. The molecule has 162 valence electrons. The number of carbonyl (C=O) groups is 1. The Labute approximate surface area is 171 Å². The third kappa shape index (κ3) is 7.86. The summed E-state index contributed by atoms with van der Waals surface area (Å²) in [4.78, 5) is 21.1. The fourth-order valence-electron chi connectivity index (χ4n) is 4.11. The molecular weight excluding hydrogens is 354 g/mol. The Morgan fingerprint density at radius 1 is 1.21 bits per heavy atom. The molecule has 0 radical (unpaired) electrons. The molecule has 1 saturated carbocycles. The molecule has 2 N–H and O–H groups in total. The van der Waals surface area contributed by atoms with Gasteiger partial charge in [0.2, 0.25) is 0 Å². The van der Waals surface area contributed by atoms with Crippen molar-refractivity contribution in [2.24, 2.45) is 4.99 Å². The van der Waals surface area contributed by atoms with Crippen LogP contribution in [0.3, 0.4) is 0 Å². The van der Waals surface area contributed by atoms with Crippen LogP contribution in [0.4, 0.5) is 4.79 Å². The molecule has 1 aliphatic carbocycles. The van der Waals surface area contributed by atoms with E-state index >= 15 is 0 Å². The summed E-state index contributed by atoms with van der Waals surface area (Å²) < 4.78 is 5.35. The van der Waals surface area contributed by atoms with Crippen LogP contribution >= 0.6 is 0 Å². The van der Waals surface area contributed by atoms with Crippen LogP contribution in [0.5, 0.6) is 0 Å². The summed E-state index contributed by atoms with van der Waals surface area (Å²) >= 11 is 0. The molecule has 1 aliphatic heterocycles. The molecule has 28 heavy (non-hydrogen) atoms. The lowest BCUT2D eigenvalue weighted by atomic mass is 9.94. The lowest BCUT2D eigenvalue weighted by molar-refractivity contribution is 0.0507. The normalized spacial score (nSPS) is 21.9. The second-order valence-electron chi connectivity index (χ2n) is 9.18. The SMILES string of the molecule is CN=C(NCCCN(C)C1CCCCC1)N1CCC(NC(=O)OC(C)(C)C)C1. The molecule has 0 aromatic heterocycles. The molecule has 0 spiro atoms. The number of guanidine groups is 1. The summed E-state index contributed by atoms with van der Waals surface area (Å²) in [6.45, 7) is 9.34. The van der Waals surface area contributed by atoms with E-state index in [9.17, 15) is 4.79 Å². The number of aliphatic imine (C=N–C) groups is 1. The zero-order valence-electron chi connectivity index (χ0n) is 18.6. The van der Waals surface area contributed by atoms with E-state index in [1.807, 2.05) is 27.8 Å². The second kappa shape index (κ2) is 10.9. The van der Waals surface area contributed by atoms with E-state index in [4.69, 9.17) is 4.74 Å². The average molecular weight is 396 g/mol. The van der Waals surface area contributed by atoms with Crippen LogP contribution < -0.4 is 10.6 Å². The number of likely N-dealkylation sites (tertiary alicyclic amines) is 1. The van der Waals surface area contributed by atoms with Gasteiger partial charge in [0.25, 0.3) is 0 Å². The van der Waals surface area contributed by atoms with E-state index in [2.05, 4.69) is 32.5 Å². The Morgan fingerprint density at radius 3 is 2.57 bits per heavy atom. The molecule has 0 aromatic carbocycles. The maximum Gasteiger partial charge on any atom is 0.407 e. The molecule has 1 atom stereocenters. The van der Waals surface area contributed by atoms with E-state index in [-0.39, 0.29) is 12.1 Å². The minimum atomic E-state index is -0.468. The first kappa shape index (κ1) is 22.8. The van der Waals surface area contributed by atoms with Gasteiger partial charge in [0.05, 0.1) is 6.04 Å². The molecule has 2 rings (SSSR count). The number of rotatable bonds is 6. The Hall–Kier alpha value is -1.50. The first-order chi connectivity index (χ1) is 13.3. The van der Waals surface area contributed by atoms with Crippen LogP contribution in [0.25, 0.3) is 0 Å². The van der Waals surface area contributed by atoms with Crippen molar-refractivity contribution in [2.75, 3.05) is 40.3 Å². The molecule has 7 nitrogen and oxygen atoms in total. The predicted octanol–water partition coefficient (Wildman–Crippen LogP) is 2.82. The molecule has 0 bridgehead atoms. The predicted molar refractivity (Wildman–Crippen MR) is 115 cm³/mol. The highest BCUT2D eigenvalue weighted by molar-refractivity contribution is 5.80. The monoisotopic (exact) mass is 395 g/mol. The summed E-state index contributed by atoms with van der Waals surface area (Å²) in [6, 6.07) is 0.872. The summed E-state index contributed by atoms with van der Waals surface area (Å²) in [5, 5.41) is 6.46. The maximum atomic E-state index is 12.0. The van der Waals surface area contributed by atoms with Gasteiger partial charge in [0.15, 0.2) is 5.96 Å². The number of alkyl carbamates (subject to hydrolysis) is 1. The number of hydrogen-bond acceptors (Lipinski definition) is 4. The van der Waals surface area contributed by atoms with Crippen LogP contribution in [0.2, 0.25) is 0 Å². The molecule has 1 saturated heterocycles.